The highest BCUT2D eigenvalue weighted by atomic mass is 127. The van der Waals surface area contributed by atoms with E-state index in [9.17, 15) is 0 Å². The lowest BCUT2D eigenvalue weighted by molar-refractivity contribution is 0.413. The lowest BCUT2D eigenvalue weighted by atomic mass is 9.83. The monoisotopic (exact) mass is 467 g/mol. The third kappa shape index (κ3) is 5.03. The topological polar surface area (TPSA) is 68.9 Å². The Bertz CT molecular complexity index is 747. The van der Waals surface area contributed by atoms with Crippen LogP contribution in [-0.4, -0.2) is 26.7 Å². The Kier molecular flexibility index (Phi) is 7.56. The molecule has 140 valence electrons. The number of nitrogens with zero attached hydrogens (tertiary/aromatic N) is 1. The molecule has 0 aliphatic heterocycles. The van der Waals surface area contributed by atoms with E-state index in [0.29, 0.717) is 18.4 Å². The number of aliphatic imine (C=N–C) groups is 1. The van der Waals surface area contributed by atoms with Crippen molar-refractivity contribution in [2.75, 3.05) is 26.1 Å². The summed E-state index contributed by atoms with van der Waals surface area (Å²) in [6.45, 7) is 0.689. The minimum absolute atomic E-state index is 0. The number of nitrogens with two attached hydrogens (primary N) is 1. The van der Waals surface area contributed by atoms with Gasteiger partial charge in [0.25, 0.3) is 0 Å². The number of hydrogen-bond acceptors (Lipinski definition) is 3. The molecule has 0 bridgehead atoms. The summed E-state index contributed by atoms with van der Waals surface area (Å²) < 4.78 is 10.5. The Hall–Kier alpha value is -1.96. The van der Waals surface area contributed by atoms with Crippen molar-refractivity contribution in [2.24, 2.45) is 10.7 Å². The van der Waals surface area contributed by atoms with Crippen molar-refractivity contribution in [3.05, 3.63) is 53.6 Å². The van der Waals surface area contributed by atoms with Crippen molar-refractivity contribution in [3.63, 3.8) is 0 Å². The average molecular weight is 467 g/mol. The van der Waals surface area contributed by atoms with Gasteiger partial charge >= 0.3 is 0 Å². The van der Waals surface area contributed by atoms with Gasteiger partial charge in [-0.3, -0.25) is 4.99 Å². The molecule has 1 aliphatic rings. The lowest BCUT2D eigenvalue weighted by Gasteiger charge is -2.24. The largest absolute Gasteiger partial charge is 0.497 e. The molecule has 3 N–H and O–H groups in total. The second-order valence-corrected chi connectivity index (χ2v) is 6.23. The zero-order valence-corrected chi connectivity index (χ0v) is 17.5. The molecule has 3 rings (SSSR count). The molecule has 0 saturated heterocycles. The van der Waals surface area contributed by atoms with E-state index in [1.807, 2.05) is 30.3 Å². The van der Waals surface area contributed by atoms with Crippen LogP contribution in [0.3, 0.4) is 0 Å². The fraction of sp³-hybridized carbons (Fsp3) is 0.350. The van der Waals surface area contributed by atoms with Gasteiger partial charge in [0.2, 0.25) is 0 Å². The maximum atomic E-state index is 6.05. The minimum atomic E-state index is 0. The van der Waals surface area contributed by atoms with Crippen LogP contribution in [0.2, 0.25) is 0 Å². The quantitative estimate of drug-likeness (QED) is 0.394. The van der Waals surface area contributed by atoms with Gasteiger partial charge in [-0.2, -0.15) is 0 Å². The Labute approximate surface area is 172 Å². The zero-order chi connectivity index (χ0) is 17.6. The van der Waals surface area contributed by atoms with Gasteiger partial charge in [-0.1, -0.05) is 6.07 Å². The van der Waals surface area contributed by atoms with Gasteiger partial charge in [-0.25, -0.2) is 0 Å². The molecule has 5 nitrogen and oxygen atoms in total. The van der Waals surface area contributed by atoms with Gasteiger partial charge < -0.3 is 20.5 Å². The van der Waals surface area contributed by atoms with Gasteiger partial charge in [0, 0.05) is 18.2 Å². The van der Waals surface area contributed by atoms with Gasteiger partial charge in [0.05, 0.1) is 14.2 Å². The number of ether oxygens (including phenoxy) is 2. The number of rotatable bonds is 5. The zero-order valence-electron chi connectivity index (χ0n) is 15.2. The molecule has 26 heavy (non-hydrogen) atoms. The van der Waals surface area contributed by atoms with Crippen LogP contribution >= 0.6 is 24.0 Å². The highest BCUT2D eigenvalue weighted by molar-refractivity contribution is 14.0. The van der Waals surface area contributed by atoms with E-state index >= 15 is 0 Å². The van der Waals surface area contributed by atoms with E-state index in [1.54, 1.807) is 14.2 Å². The first kappa shape index (κ1) is 20.4. The molecule has 1 atom stereocenters. The normalized spacial score (nSPS) is 16.2. The molecule has 0 saturated carbocycles. The second-order valence-electron chi connectivity index (χ2n) is 6.23. The lowest BCUT2D eigenvalue weighted by Crippen LogP contribution is -2.24. The summed E-state index contributed by atoms with van der Waals surface area (Å²) in [6, 6.07) is 14.0. The molecule has 0 fully saturated rings. The molecular formula is C20H26IN3O2. The number of guanidine groups is 1. The first-order valence-corrected chi connectivity index (χ1v) is 8.57. The Morgan fingerprint density at radius 2 is 1.81 bits per heavy atom. The van der Waals surface area contributed by atoms with Crippen LogP contribution in [0.25, 0.3) is 0 Å². The summed E-state index contributed by atoms with van der Waals surface area (Å²) in [6.07, 6.45) is 3.41. The van der Waals surface area contributed by atoms with Crippen LogP contribution in [0.5, 0.6) is 11.5 Å². The highest BCUT2D eigenvalue weighted by Gasteiger charge is 2.20. The van der Waals surface area contributed by atoms with Crippen molar-refractivity contribution in [3.8, 4) is 11.5 Å². The number of methoxy groups -OCH3 is 2. The summed E-state index contributed by atoms with van der Waals surface area (Å²) in [7, 11) is 3.35. The van der Waals surface area contributed by atoms with Gasteiger partial charge in [-0.05, 0) is 66.8 Å². The number of hydrogen-bond donors (Lipinski definition) is 2. The first-order valence-electron chi connectivity index (χ1n) is 8.57. The standard InChI is InChI=1S/C20H25N3O2.HI/c1-24-17-8-6-16(7-9-17)23-20(21)22-13-15-5-3-4-14-12-18(25-2)10-11-19(14)15;/h6-12,15H,3-5,13H2,1-2H3,(H3,21,22,23);1H. The molecular weight excluding hydrogens is 441 g/mol. The number of halogens is 1. The predicted octanol–water partition coefficient (Wildman–Crippen LogP) is 4.17. The Morgan fingerprint density at radius 1 is 1.12 bits per heavy atom. The van der Waals surface area contributed by atoms with E-state index in [-0.39, 0.29) is 24.0 Å². The van der Waals surface area contributed by atoms with Crippen LogP contribution in [0.4, 0.5) is 5.69 Å². The van der Waals surface area contributed by atoms with E-state index in [4.69, 9.17) is 15.2 Å². The Morgan fingerprint density at radius 3 is 2.50 bits per heavy atom. The van der Waals surface area contributed by atoms with Crippen molar-refractivity contribution in [1.82, 2.24) is 0 Å². The minimum Gasteiger partial charge on any atom is -0.497 e. The highest BCUT2D eigenvalue weighted by Crippen LogP contribution is 2.33. The van der Waals surface area contributed by atoms with Crippen LogP contribution < -0.4 is 20.5 Å². The molecule has 0 aromatic heterocycles. The molecule has 1 aliphatic carbocycles. The first-order chi connectivity index (χ1) is 12.2. The van der Waals surface area contributed by atoms with E-state index in [2.05, 4.69) is 22.4 Å². The molecule has 6 heteroatoms. The van der Waals surface area contributed by atoms with Crippen LogP contribution in [0.1, 0.15) is 29.9 Å². The number of benzene rings is 2. The van der Waals surface area contributed by atoms with Gasteiger partial charge in [0.15, 0.2) is 5.96 Å². The Balaban J connectivity index is 0.00000243. The van der Waals surface area contributed by atoms with Crippen molar-refractivity contribution in [1.29, 1.82) is 0 Å². The molecule has 2 aromatic carbocycles. The smallest absolute Gasteiger partial charge is 0.193 e. The maximum Gasteiger partial charge on any atom is 0.193 e. The molecule has 0 spiro atoms. The molecule has 1 unspecified atom stereocenters. The van der Waals surface area contributed by atoms with Gasteiger partial charge in [0.1, 0.15) is 11.5 Å². The number of aryl methyl sites for hydroxylation is 1. The predicted molar refractivity (Wildman–Crippen MR) is 117 cm³/mol. The third-order valence-corrected chi connectivity index (χ3v) is 4.63. The SMILES string of the molecule is COc1ccc(NC(N)=NCC2CCCc3cc(OC)ccc32)cc1.I. The van der Waals surface area contributed by atoms with Crippen LogP contribution in [0, 0.1) is 0 Å². The number of nitrogens with one attached hydrogen (secondary N) is 1. The van der Waals surface area contributed by atoms with Crippen LogP contribution in [-0.2, 0) is 6.42 Å². The fourth-order valence-electron chi connectivity index (χ4n) is 3.28. The summed E-state index contributed by atoms with van der Waals surface area (Å²) >= 11 is 0. The van der Waals surface area contributed by atoms with Crippen molar-refractivity contribution < 1.29 is 9.47 Å². The second kappa shape index (κ2) is 9.66. The molecule has 0 heterocycles. The van der Waals surface area contributed by atoms with E-state index in [1.165, 1.54) is 17.5 Å². The summed E-state index contributed by atoms with van der Waals surface area (Å²) in [4.78, 5) is 4.55. The van der Waals surface area contributed by atoms with Crippen molar-refractivity contribution >= 4 is 35.6 Å². The molecule has 0 amide bonds. The number of fused-ring (bicyclic) bond motifs is 1. The van der Waals surface area contributed by atoms with Crippen molar-refractivity contribution in [2.45, 2.75) is 25.2 Å². The molecule has 2 aromatic rings. The number of anilines is 1. The maximum absolute atomic E-state index is 6.05. The third-order valence-electron chi connectivity index (χ3n) is 4.63. The summed E-state index contributed by atoms with van der Waals surface area (Å²) in [5.74, 6) is 2.58. The van der Waals surface area contributed by atoms with Gasteiger partial charge in [-0.15, -0.1) is 24.0 Å². The summed E-state index contributed by atoms with van der Waals surface area (Å²) in [5, 5.41) is 3.13. The molecule has 0 radical (unpaired) electrons. The average Bonchev–Trinajstić information content (AvgIpc) is 2.66. The van der Waals surface area contributed by atoms with Crippen LogP contribution in [0.15, 0.2) is 47.5 Å². The van der Waals surface area contributed by atoms with E-state index < -0.39 is 0 Å². The summed E-state index contributed by atoms with van der Waals surface area (Å²) in [5.41, 5.74) is 9.68. The fourth-order valence-corrected chi connectivity index (χ4v) is 3.28. The van der Waals surface area contributed by atoms with E-state index in [0.717, 1.165) is 30.0 Å².